The van der Waals surface area contributed by atoms with Crippen LogP contribution in [0.15, 0.2) is 47.2 Å². The molecule has 0 bridgehead atoms. The fourth-order valence-corrected chi connectivity index (χ4v) is 1.83. The van der Waals surface area contributed by atoms with E-state index in [-0.39, 0.29) is 22.6 Å². The first-order chi connectivity index (χ1) is 11.8. The minimum Gasteiger partial charge on any atom is -0.353 e. The maximum Gasteiger partial charge on any atom is 0.280 e. The van der Waals surface area contributed by atoms with Crippen molar-refractivity contribution in [2.24, 2.45) is 10.8 Å². The van der Waals surface area contributed by atoms with Gasteiger partial charge in [-0.2, -0.15) is 4.99 Å². The second-order valence-corrected chi connectivity index (χ2v) is 5.93. The summed E-state index contributed by atoms with van der Waals surface area (Å²) in [5.74, 6) is 4.73. The van der Waals surface area contributed by atoms with Crippen molar-refractivity contribution in [1.82, 2.24) is 16.1 Å². The van der Waals surface area contributed by atoms with E-state index in [9.17, 15) is 9.18 Å². The van der Waals surface area contributed by atoms with E-state index in [0.717, 1.165) is 18.1 Å². The van der Waals surface area contributed by atoms with E-state index in [1.807, 2.05) is 13.8 Å². The molecule has 1 atom stereocenters. The number of guanidine groups is 1. The molecule has 1 amide bonds. The van der Waals surface area contributed by atoms with Gasteiger partial charge in [0.05, 0.1) is 5.02 Å². The summed E-state index contributed by atoms with van der Waals surface area (Å²) in [6, 6.07) is 3.80. The Morgan fingerprint density at radius 1 is 1.52 bits per heavy atom. The lowest BCUT2D eigenvalue weighted by molar-refractivity contribution is 0.100. The van der Waals surface area contributed by atoms with Gasteiger partial charge in [0.25, 0.3) is 5.91 Å². The third-order valence-electron chi connectivity index (χ3n) is 3.17. The number of nitrogens with one attached hydrogen (secondary N) is 3. The van der Waals surface area contributed by atoms with Crippen LogP contribution in [0.3, 0.4) is 0 Å². The number of carbonyl (C=O) groups is 1. The van der Waals surface area contributed by atoms with Crippen molar-refractivity contribution in [2.45, 2.75) is 33.2 Å². The number of hydrazine groups is 1. The predicted molar refractivity (Wildman–Crippen MR) is 99.4 cm³/mol. The monoisotopic (exact) mass is 367 g/mol. The van der Waals surface area contributed by atoms with Crippen molar-refractivity contribution in [2.75, 3.05) is 0 Å². The summed E-state index contributed by atoms with van der Waals surface area (Å²) in [5.41, 5.74) is 3.29. The van der Waals surface area contributed by atoms with Crippen LogP contribution < -0.4 is 21.9 Å². The summed E-state index contributed by atoms with van der Waals surface area (Å²) in [7, 11) is 0. The van der Waals surface area contributed by atoms with Gasteiger partial charge in [-0.25, -0.2) is 10.2 Å². The molecule has 0 saturated heterocycles. The number of benzene rings is 1. The van der Waals surface area contributed by atoms with E-state index >= 15 is 0 Å². The summed E-state index contributed by atoms with van der Waals surface area (Å²) < 4.78 is 13.5. The van der Waals surface area contributed by atoms with Crippen molar-refractivity contribution in [1.29, 1.82) is 0 Å². The van der Waals surface area contributed by atoms with Gasteiger partial charge in [-0.15, -0.1) is 0 Å². The Morgan fingerprint density at radius 3 is 2.72 bits per heavy atom. The fourth-order valence-electron chi connectivity index (χ4n) is 1.71. The lowest BCUT2D eigenvalue weighted by Gasteiger charge is -2.18. The first kappa shape index (κ1) is 20.7. The number of rotatable bonds is 6. The van der Waals surface area contributed by atoms with Crippen molar-refractivity contribution < 1.29 is 9.18 Å². The van der Waals surface area contributed by atoms with Crippen LogP contribution in [0.1, 0.15) is 37.6 Å². The molecule has 0 aliphatic carbocycles. The number of halogens is 2. The molecule has 0 radical (unpaired) electrons. The molecule has 6 nitrogen and oxygen atoms in total. The van der Waals surface area contributed by atoms with Crippen LogP contribution in [0, 0.1) is 5.82 Å². The lowest BCUT2D eigenvalue weighted by Crippen LogP contribution is -2.45. The van der Waals surface area contributed by atoms with Gasteiger partial charge < -0.3 is 16.1 Å². The number of nitrogens with zero attached hydrogens (tertiary/aromatic N) is 1. The minimum absolute atomic E-state index is 0.0462. The predicted octanol–water partition coefficient (Wildman–Crippen LogP) is 2.83. The standard InChI is InChI=1S/C17H23ClFN5O/c1-5-11(4)21-17(22-15(24-20)8-10(2)3)23-16(25)12-6-7-13(18)14(19)9-12/h6-9,11,24H,2,5,20H2,1,3-4H3,(H2,21,22,23,25)/b15-8-. The van der Waals surface area contributed by atoms with Crippen LogP contribution in [0.25, 0.3) is 0 Å². The Hall–Kier alpha value is -2.38. The van der Waals surface area contributed by atoms with E-state index in [2.05, 4.69) is 27.6 Å². The van der Waals surface area contributed by atoms with Crippen molar-refractivity contribution >= 4 is 23.5 Å². The molecular formula is C17H23ClFN5O. The van der Waals surface area contributed by atoms with Crippen molar-refractivity contribution in [3.8, 4) is 0 Å². The highest BCUT2D eigenvalue weighted by atomic mass is 35.5. The summed E-state index contributed by atoms with van der Waals surface area (Å²) in [6.07, 6.45) is 2.46. The second-order valence-electron chi connectivity index (χ2n) is 5.52. The van der Waals surface area contributed by atoms with Crippen LogP contribution in [0.2, 0.25) is 5.02 Å². The molecule has 5 N–H and O–H groups in total. The number of aliphatic imine (C=N–C) groups is 1. The molecule has 1 rings (SSSR count). The number of hydrogen-bond donors (Lipinski definition) is 4. The van der Waals surface area contributed by atoms with E-state index < -0.39 is 11.7 Å². The van der Waals surface area contributed by atoms with Gasteiger partial charge in [-0.05, 0) is 44.5 Å². The minimum atomic E-state index is -0.682. The van der Waals surface area contributed by atoms with Crippen LogP contribution in [0.5, 0.6) is 0 Å². The fraction of sp³-hybridized carbons (Fsp3) is 0.294. The van der Waals surface area contributed by atoms with Gasteiger partial charge in [-0.3, -0.25) is 4.79 Å². The van der Waals surface area contributed by atoms with Crippen LogP contribution in [-0.4, -0.2) is 17.9 Å². The third-order valence-corrected chi connectivity index (χ3v) is 3.48. The zero-order chi connectivity index (χ0) is 19.0. The average Bonchev–Trinajstić information content (AvgIpc) is 2.55. The SMILES string of the molecule is C=C(C)/C=C(\NN)N/C(=N\C(=O)c1ccc(Cl)c(F)c1)NC(C)CC. The molecular weight excluding hydrogens is 345 g/mol. The Morgan fingerprint density at radius 2 is 2.20 bits per heavy atom. The molecule has 1 unspecified atom stereocenters. The second kappa shape index (κ2) is 9.80. The third kappa shape index (κ3) is 6.94. The molecule has 136 valence electrons. The lowest BCUT2D eigenvalue weighted by atomic mass is 10.2. The first-order valence-corrected chi connectivity index (χ1v) is 8.10. The van der Waals surface area contributed by atoms with Gasteiger partial charge in [0, 0.05) is 11.6 Å². The summed E-state index contributed by atoms with van der Waals surface area (Å²) in [6.45, 7) is 9.47. The maximum atomic E-state index is 13.5. The Kier molecular flexibility index (Phi) is 8.10. The molecule has 8 heteroatoms. The van der Waals surface area contributed by atoms with E-state index in [4.69, 9.17) is 17.4 Å². The highest BCUT2D eigenvalue weighted by Gasteiger charge is 2.12. The van der Waals surface area contributed by atoms with Crippen LogP contribution in [-0.2, 0) is 0 Å². The van der Waals surface area contributed by atoms with Crippen molar-refractivity contribution in [3.05, 3.63) is 58.7 Å². The Balaban J connectivity index is 3.11. The zero-order valence-electron chi connectivity index (χ0n) is 14.5. The molecule has 25 heavy (non-hydrogen) atoms. The molecule has 1 aromatic rings. The van der Waals surface area contributed by atoms with Gasteiger partial charge in [0.2, 0.25) is 5.96 Å². The summed E-state index contributed by atoms with van der Waals surface area (Å²) in [5, 5.41) is 5.89. The van der Waals surface area contributed by atoms with Crippen LogP contribution >= 0.6 is 11.6 Å². The van der Waals surface area contributed by atoms with E-state index in [1.54, 1.807) is 13.0 Å². The average molecular weight is 368 g/mol. The largest absolute Gasteiger partial charge is 0.353 e. The Bertz CT molecular complexity index is 702. The van der Waals surface area contributed by atoms with E-state index in [1.165, 1.54) is 12.1 Å². The molecule has 0 aliphatic rings. The highest BCUT2D eigenvalue weighted by Crippen LogP contribution is 2.16. The molecule has 0 heterocycles. The highest BCUT2D eigenvalue weighted by molar-refractivity contribution is 6.30. The van der Waals surface area contributed by atoms with Crippen LogP contribution in [0.4, 0.5) is 4.39 Å². The topological polar surface area (TPSA) is 91.5 Å². The number of allylic oxidation sites excluding steroid dienone is 2. The van der Waals surface area contributed by atoms with Gasteiger partial charge in [-0.1, -0.05) is 30.7 Å². The Labute approximate surface area is 152 Å². The first-order valence-electron chi connectivity index (χ1n) is 7.72. The molecule has 0 spiro atoms. The van der Waals surface area contributed by atoms with Crippen molar-refractivity contribution in [3.63, 3.8) is 0 Å². The normalized spacial score (nSPS) is 13.2. The molecule has 0 fully saturated rings. The summed E-state index contributed by atoms with van der Waals surface area (Å²) in [4.78, 5) is 16.3. The van der Waals surface area contributed by atoms with Gasteiger partial charge in [0.15, 0.2) is 0 Å². The molecule has 0 aliphatic heterocycles. The number of carbonyl (C=O) groups excluding carboxylic acids is 1. The maximum absolute atomic E-state index is 13.5. The van der Waals surface area contributed by atoms with Gasteiger partial charge in [0.1, 0.15) is 11.6 Å². The number of amides is 1. The quantitative estimate of drug-likeness (QED) is 0.204. The van der Waals surface area contributed by atoms with Gasteiger partial charge >= 0.3 is 0 Å². The molecule has 0 saturated carbocycles. The van der Waals surface area contributed by atoms with E-state index in [0.29, 0.717) is 5.82 Å². The molecule has 0 aromatic heterocycles. The molecule has 1 aromatic carbocycles. The smallest absolute Gasteiger partial charge is 0.280 e. The zero-order valence-corrected chi connectivity index (χ0v) is 15.2. The summed E-state index contributed by atoms with van der Waals surface area (Å²) >= 11 is 5.63. The number of nitrogens with two attached hydrogens (primary N) is 1. The number of hydrogen-bond acceptors (Lipinski definition) is 3.